The summed E-state index contributed by atoms with van der Waals surface area (Å²) in [7, 11) is 0. The predicted molar refractivity (Wildman–Crippen MR) is 73.6 cm³/mol. The number of rotatable bonds is 1. The molecule has 3 rings (SSSR count). The molecule has 1 aromatic rings. The summed E-state index contributed by atoms with van der Waals surface area (Å²) in [5.74, 6) is -0.961. The zero-order chi connectivity index (χ0) is 15.3. The maximum atomic E-state index is 14.1. The molecule has 1 nitrogen and oxygen atoms in total. The molecule has 0 radical (unpaired) electrons. The predicted octanol–water partition coefficient (Wildman–Crippen LogP) is 4.48. The number of alkyl halides is 3. The lowest BCUT2D eigenvalue weighted by atomic mass is 9.80. The van der Waals surface area contributed by atoms with E-state index in [0.29, 0.717) is 18.9 Å². The number of halogens is 4. The average molecular weight is 320 g/mol. The van der Waals surface area contributed by atoms with Crippen LogP contribution in [0.2, 0.25) is 0 Å². The Labute approximate surface area is 124 Å². The van der Waals surface area contributed by atoms with Crippen molar-refractivity contribution in [1.29, 1.82) is 0 Å². The minimum absolute atomic E-state index is 0.00713. The molecule has 2 bridgehead atoms. The Morgan fingerprint density at radius 2 is 1.76 bits per heavy atom. The van der Waals surface area contributed by atoms with Gasteiger partial charge in [0.1, 0.15) is 5.82 Å². The highest BCUT2D eigenvalue weighted by Crippen LogP contribution is 2.50. The SMILES string of the molecule is OC1(c2ccc(C(F)(F)F)cc2F)CC2CCCC(C1)S2. The summed E-state index contributed by atoms with van der Waals surface area (Å²) in [5.41, 5.74) is -2.35. The van der Waals surface area contributed by atoms with Gasteiger partial charge in [-0.05, 0) is 37.8 Å². The third-order valence-corrected chi connectivity index (χ3v) is 5.94. The molecule has 0 aliphatic carbocycles. The van der Waals surface area contributed by atoms with E-state index < -0.39 is 23.2 Å². The highest BCUT2D eigenvalue weighted by molar-refractivity contribution is 8.00. The van der Waals surface area contributed by atoms with E-state index in [0.717, 1.165) is 31.4 Å². The molecule has 2 atom stereocenters. The molecule has 0 spiro atoms. The van der Waals surface area contributed by atoms with Gasteiger partial charge in [-0.25, -0.2) is 4.39 Å². The number of hydrogen-bond donors (Lipinski definition) is 1. The summed E-state index contributed by atoms with van der Waals surface area (Å²) in [6, 6.07) is 2.45. The topological polar surface area (TPSA) is 20.2 Å². The maximum Gasteiger partial charge on any atom is 0.416 e. The Morgan fingerprint density at radius 1 is 1.14 bits per heavy atom. The second kappa shape index (κ2) is 5.16. The largest absolute Gasteiger partial charge is 0.416 e. The first-order chi connectivity index (χ1) is 9.78. The van der Waals surface area contributed by atoms with Crippen LogP contribution >= 0.6 is 11.8 Å². The van der Waals surface area contributed by atoms with Crippen molar-refractivity contribution in [3.05, 3.63) is 35.1 Å². The molecular weight excluding hydrogens is 304 g/mol. The number of hydrogen-bond acceptors (Lipinski definition) is 2. The van der Waals surface area contributed by atoms with Gasteiger partial charge in [-0.2, -0.15) is 24.9 Å². The normalized spacial score (nSPS) is 33.0. The molecule has 0 saturated carbocycles. The van der Waals surface area contributed by atoms with Gasteiger partial charge in [0.25, 0.3) is 0 Å². The van der Waals surface area contributed by atoms with E-state index in [2.05, 4.69) is 0 Å². The third kappa shape index (κ3) is 2.93. The lowest BCUT2D eigenvalue weighted by molar-refractivity contribution is -0.137. The summed E-state index contributed by atoms with van der Waals surface area (Å²) in [6.07, 6.45) is -0.681. The van der Waals surface area contributed by atoms with Crippen molar-refractivity contribution >= 4 is 11.8 Å². The lowest BCUT2D eigenvalue weighted by Gasteiger charge is -2.44. The summed E-state index contributed by atoms with van der Waals surface area (Å²) in [6.45, 7) is 0. The molecule has 0 amide bonds. The Morgan fingerprint density at radius 3 is 2.29 bits per heavy atom. The smallest absolute Gasteiger partial charge is 0.385 e. The Kier molecular flexibility index (Phi) is 3.72. The van der Waals surface area contributed by atoms with Crippen LogP contribution in [0.3, 0.4) is 0 Å². The average Bonchev–Trinajstić information content (AvgIpc) is 2.36. The van der Waals surface area contributed by atoms with Gasteiger partial charge in [0.15, 0.2) is 0 Å². The van der Waals surface area contributed by atoms with E-state index in [9.17, 15) is 22.7 Å². The van der Waals surface area contributed by atoms with Gasteiger partial charge >= 0.3 is 6.18 Å². The van der Waals surface area contributed by atoms with Gasteiger partial charge < -0.3 is 5.11 Å². The van der Waals surface area contributed by atoms with Crippen molar-refractivity contribution in [3.8, 4) is 0 Å². The van der Waals surface area contributed by atoms with E-state index in [1.807, 2.05) is 11.8 Å². The number of benzene rings is 1. The molecule has 116 valence electrons. The first-order valence-electron chi connectivity index (χ1n) is 7.03. The van der Waals surface area contributed by atoms with Gasteiger partial charge in [0.05, 0.1) is 11.2 Å². The van der Waals surface area contributed by atoms with E-state index in [1.165, 1.54) is 0 Å². The number of aliphatic hydroxyl groups is 1. The molecule has 0 aromatic heterocycles. The molecule has 2 unspecified atom stereocenters. The van der Waals surface area contributed by atoms with Crippen LogP contribution in [-0.4, -0.2) is 15.6 Å². The Bertz CT molecular complexity index is 531. The van der Waals surface area contributed by atoms with Crippen molar-refractivity contribution in [3.63, 3.8) is 0 Å². The first kappa shape index (κ1) is 15.2. The Balaban J connectivity index is 1.92. The van der Waals surface area contributed by atoms with Crippen LogP contribution in [0.4, 0.5) is 17.6 Å². The van der Waals surface area contributed by atoms with Crippen molar-refractivity contribution in [2.75, 3.05) is 0 Å². The van der Waals surface area contributed by atoms with Gasteiger partial charge in [-0.3, -0.25) is 0 Å². The van der Waals surface area contributed by atoms with E-state index in [-0.39, 0.29) is 16.1 Å². The van der Waals surface area contributed by atoms with Crippen molar-refractivity contribution in [2.24, 2.45) is 0 Å². The fraction of sp³-hybridized carbons (Fsp3) is 0.600. The molecule has 2 fully saturated rings. The standard InChI is InChI=1S/C15H16F4OS/c16-13-6-9(15(17,18)19)4-5-12(13)14(20)7-10-2-1-3-11(8-14)21-10/h4-6,10-11,20H,1-3,7-8H2. The van der Waals surface area contributed by atoms with Crippen LogP contribution in [-0.2, 0) is 11.8 Å². The quantitative estimate of drug-likeness (QED) is 0.770. The van der Waals surface area contributed by atoms with E-state index >= 15 is 0 Å². The van der Waals surface area contributed by atoms with Crippen LogP contribution in [0.5, 0.6) is 0 Å². The van der Waals surface area contributed by atoms with Gasteiger partial charge in [0.2, 0.25) is 0 Å². The lowest BCUT2D eigenvalue weighted by Crippen LogP contribution is -2.41. The maximum absolute atomic E-state index is 14.1. The molecule has 21 heavy (non-hydrogen) atoms. The van der Waals surface area contributed by atoms with Gasteiger partial charge in [-0.1, -0.05) is 12.5 Å². The van der Waals surface area contributed by atoms with Crippen LogP contribution in [0.15, 0.2) is 18.2 Å². The van der Waals surface area contributed by atoms with Crippen molar-refractivity contribution in [1.82, 2.24) is 0 Å². The fourth-order valence-corrected chi connectivity index (χ4v) is 5.30. The molecular formula is C15H16F4OS. The number of thioether (sulfide) groups is 1. The highest BCUT2D eigenvalue weighted by atomic mass is 32.2. The third-order valence-electron chi connectivity index (χ3n) is 4.37. The molecule has 2 heterocycles. The summed E-state index contributed by atoms with van der Waals surface area (Å²) < 4.78 is 51.9. The second-order valence-corrected chi connectivity index (χ2v) is 7.55. The summed E-state index contributed by atoms with van der Waals surface area (Å²) in [5, 5.41) is 11.3. The zero-order valence-electron chi connectivity index (χ0n) is 11.3. The molecule has 2 aliphatic rings. The highest BCUT2D eigenvalue weighted by Gasteiger charge is 2.44. The van der Waals surface area contributed by atoms with Gasteiger partial charge in [-0.15, -0.1) is 0 Å². The molecule has 1 N–H and O–H groups in total. The fourth-order valence-electron chi connectivity index (χ4n) is 3.41. The van der Waals surface area contributed by atoms with Crippen LogP contribution in [0.25, 0.3) is 0 Å². The van der Waals surface area contributed by atoms with Crippen molar-refractivity contribution in [2.45, 2.75) is 54.4 Å². The molecule has 1 aromatic carbocycles. The minimum Gasteiger partial charge on any atom is -0.385 e. The van der Waals surface area contributed by atoms with Crippen LogP contribution < -0.4 is 0 Å². The zero-order valence-corrected chi connectivity index (χ0v) is 12.1. The van der Waals surface area contributed by atoms with E-state index in [4.69, 9.17) is 0 Å². The van der Waals surface area contributed by atoms with Crippen LogP contribution in [0, 0.1) is 5.82 Å². The minimum atomic E-state index is -4.57. The molecule has 6 heteroatoms. The summed E-state index contributed by atoms with van der Waals surface area (Å²) >= 11 is 1.82. The molecule has 2 aliphatic heterocycles. The first-order valence-corrected chi connectivity index (χ1v) is 7.97. The molecule has 2 saturated heterocycles. The van der Waals surface area contributed by atoms with Crippen LogP contribution in [0.1, 0.15) is 43.2 Å². The Hall–Kier alpha value is -0.750. The van der Waals surface area contributed by atoms with E-state index in [1.54, 1.807) is 0 Å². The number of fused-ring (bicyclic) bond motifs is 2. The van der Waals surface area contributed by atoms with Crippen molar-refractivity contribution < 1.29 is 22.7 Å². The second-order valence-electron chi connectivity index (χ2n) is 5.94. The monoisotopic (exact) mass is 320 g/mol. The summed E-state index contributed by atoms with van der Waals surface area (Å²) in [4.78, 5) is 0. The van der Waals surface area contributed by atoms with Gasteiger partial charge in [0, 0.05) is 16.1 Å².